The molecule has 8 nitrogen and oxygen atoms in total. The van der Waals surface area contributed by atoms with Gasteiger partial charge in [-0.05, 0) is 30.2 Å². The van der Waals surface area contributed by atoms with Crippen molar-refractivity contribution in [1.82, 2.24) is 14.5 Å². The van der Waals surface area contributed by atoms with Crippen molar-refractivity contribution in [2.45, 2.75) is 38.8 Å². The molecule has 0 aromatic heterocycles. The summed E-state index contributed by atoms with van der Waals surface area (Å²) in [7, 11) is -1.81. The van der Waals surface area contributed by atoms with Gasteiger partial charge in [0.15, 0.2) is 0 Å². The number of anilines is 1. The maximum absolute atomic E-state index is 14.9. The van der Waals surface area contributed by atoms with Gasteiger partial charge in [0.2, 0.25) is 11.8 Å². The molecule has 0 heterocycles. The van der Waals surface area contributed by atoms with Crippen molar-refractivity contribution in [2.75, 3.05) is 31.5 Å². The normalized spacial score (nSPS) is 12.1. The van der Waals surface area contributed by atoms with E-state index in [0.29, 0.717) is 17.3 Å². The number of hydrogen-bond acceptors (Lipinski definition) is 4. The smallest absolute Gasteiger partial charge is 0.304 e. The number of rotatable bonds is 14. The predicted octanol–water partition coefficient (Wildman–Crippen LogP) is 4.13. The Balaban J connectivity index is 2.09. The first-order valence-corrected chi connectivity index (χ1v) is 14.7. The lowest BCUT2D eigenvalue weighted by atomic mass is 10.0. The molecule has 3 aromatic rings. The van der Waals surface area contributed by atoms with Crippen LogP contribution in [0.15, 0.2) is 78.9 Å². The summed E-state index contributed by atoms with van der Waals surface area (Å²) in [6, 6.07) is 19.0. The number of hydrogen-bond donors (Lipinski definition) is 1. The topological polar surface area (TPSA) is 90.0 Å². The Morgan fingerprint density at radius 2 is 1.49 bits per heavy atom. The van der Waals surface area contributed by atoms with Crippen molar-refractivity contribution in [2.24, 2.45) is 0 Å². The van der Waals surface area contributed by atoms with Crippen molar-refractivity contribution >= 4 is 27.7 Å². The van der Waals surface area contributed by atoms with Crippen molar-refractivity contribution in [1.29, 1.82) is 0 Å². The molecule has 0 saturated carbocycles. The predicted molar refractivity (Wildman–Crippen MR) is 155 cm³/mol. The second kappa shape index (κ2) is 14.7. The van der Waals surface area contributed by atoms with E-state index in [1.807, 2.05) is 13.0 Å². The molecule has 41 heavy (non-hydrogen) atoms. The van der Waals surface area contributed by atoms with Gasteiger partial charge >= 0.3 is 10.2 Å². The number of nitrogens with zero attached hydrogens (tertiary/aromatic N) is 3. The molecule has 0 aliphatic carbocycles. The summed E-state index contributed by atoms with van der Waals surface area (Å²) >= 11 is 0. The third kappa shape index (κ3) is 8.34. The van der Waals surface area contributed by atoms with E-state index in [4.69, 9.17) is 0 Å². The zero-order valence-electron chi connectivity index (χ0n) is 23.5. The van der Waals surface area contributed by atoms with Crippen molar-refractivity contribution in [3.8, 4) is 0 Å². The fraction of sp³-hybridized carbons (Fsp3) is 0.333. The van der Waals surface area contributed by atoms with Crippen LogP contribution in [0.3, 0.4) is 0 Å². The third-order valence-electron chi connectivity index (χ3n) is 6.54. The number of unbranched alkanes of at least 4 members (excludes halogenated alkanes) is 1. The van der Waals surface area contributed by atoms with Crippen molar-refractivity contribution in [3.63, 3.8) is 0 Å². The molecule has 1 atom stereocenters. The van der Waals surface area contributed by atoms with Crippen LogP contribution in [0, 0.1) is 11.6 Å². The maximum atomic E-state index is 14.9. The summed E-state index contributed by atoms with van der Waals surface area (Å²) in [4.78, 5) is 28.8. The monoisotopic (exact) mass is 586 g/mol. The number of amides is 2. The van der Waals surface area contributed by atoms with Gasteiger partial charge in [0, 0.05) is 39.2 Å². The maximum Gasteiger partial charge on any atom is 0.304 e. The minimum Gasteiger partial charge on any atom is -0.354 e. The fourth-order valence-corrected chi connectivity index (χ4v) is 5.29. The van der Waals surface area contributed by atoms with Gasteiger partial charge in [-0.2, -0.15) is 12.7 Å². The lowest BCUT2D eigenvalue weighted by Gasteiger charge is -2.34. The molecule has 0 aliphatic rings. The van der Waals surface area contributed by atoms with Gasteiger partial charge in [-0.15, -0.1) is 0 Å². The molecule has 0 fully saturated rings. The Bertz CT molecular complexity index is 1420. The number of nitrogens with one attached hydrogen (secondary N) is 1. The van der Waals surface area contributed by atoms with E-state index >= 15 is 0 Å². The van der Waals surface area contributed by atoms with Crippen LogP contribution in [0.4, 0.5) is 14.5 Å². The molecule has 0 aliphatic heterocycles. The van der Waals surface area contributed by atoms with Crippen LogP contribution >= 0.6 is 0 Å². The summed E-state index contributed by atoms with van der Waals surface area (Å²) < 4.78 is 57.8. The van der Waals surface area contributed by atoms with Crippen LogP contribution in [-0.2, 0) is 32.8 Å². The first-order chi connectivity index (χ1) is 19.6. The molecule has 0 radical (unpaired) electrons. The molecule has 3 rings (SSSR count). The largest absolute Gasteiger partial charge is 0.354 e. The Morgan fingerprint density at radius 1 is 0.878 bits per heavy atom. The first-order valence-electron chi connectivity index (χ1n) is 13.4. The molecule has 220 valence electrons. The lowest BCUT2D eigenvalue weighted by Crippen LogP contribution is -2.54. The third-order valence-corrected chi connectivity index (χ3v) is 8.34. The molecule has 1 N–H and O–H groups in total. The number of para-hydroxylation sites is 1. The molecule has 0 saturated heterocycles. The van der Waals surface area contributed by atoms with Gasteiger partial charge in [0.05, 0.1) is 5.69 Å². The van der Waals surface area contributed by atoms with Crippen LogP contribution in [0.1, 0.15) is 30.9 Å². The molecule has 0 bridgehead atoms. The molecule has 11 heteroatoms. The van der Waals surface area contributed by atoms with Gasteiger partial charge < -0.3 is 10.2 Å². The van der Waals surface area contributed by atoms with Gasteiger partial charge in [0.25, 0.3) is 0 Å². The summed E-state index contributed by atoms with van der Waals surface area (Å²) in [6.07, 6.45) is 1.65. The molecule has 0 spiro atoms. The molecular weight excluding hydrogens is 550 g/mol. The minimum atomic E-state index is -4.34. The molecule has 3 aromatic carbocycles. The Morgan fingerprint density at radius 3 is 2.10 bits per heavy atom. The van der Waals surface area contributed by atoms with Crippen molar-refractivity contribution < 1.29 is 26.8 Å². The van der Waals surface area contributed by atoms with E-state index in [1.54, 1.807) is 30.3 Å². The van der Waals surface area contributed by atoms with Crippen LogP contribution in [0.5, 0.6) is 0 Å². The SMILES string of the molecule is CCCCNC(=O)C(Cc1ccccc1)N(Cc1ccccc1F)C(=O)CN(c1ccccc1F)S(=O)(=O)N(C)C. The Hall–Kier alpha value is -3.83. The van der Waals surface area contributed by atoms with E-state index < -0.39 is 46.2 Å². The molecular formula is C30H36F2N4O4S. The highest BCUT2D eigenvalue weighted by Crippen LogP contribution is 2.24. The zero-order chi connectivity index (χ0) is 30.0. The Labute approximate surface area is 240 Å². The van der Waals surface area contributed by atoms with E-state index in [9.17, 15) is 26.8 Å². The highest BCUT2D eigenvalue weighted by molar-refractivity contribution is 7.90. The van der Waals surface area contributed by atoms with Gasteiger partial charge in [-0.25, -0.2) is 13.1 Å². The average molecular weight is 587 g/mol. The van der Waals surface area contributed by atoms with Crippen LogP contribution in [0.2, 0.25) is 0 Å². The number of carbonyl (C=O) groups excluding carboxylic acids is 2. The van der Waals surface area contributed by atoms with E-state index in [0.717, 1.165) is 22.4 Å². The first kappa shape index (κ1) is 31.7. The number of carbonyl (C=O) groups is 2. The number of benzene rings is 3. The summed E-state index contributed by atoms with van der Waals surface area (Å²) in [6.45, 7) is 1.23. The summed E-state index contributed by atoms with van der Waals surface area (Å²) in [5.74, 6) is -2.68. The lowest BCUT2D eigenvalue weighted by molar-refractivity contribution is -0.140. The fourth-order valence-electron chi connectivity index (χ4n) is 4.23. The minimum absolute atomic E-state index is 0.0963. The van der Waals surface area contributed by atoms with Gasteiger partial charge in [-0.3, -0.25) is 9.59 Å². The molecule has 2 amide bonds. The zero-order valence-corrected chi connectivity index (χ0v) is 24.3. The molecule has 1 unspecified atom stereocenters. The van der Waals surface area contributed by atoms with Crippen LogP contribution < -0.4 is 9.62 Å². The highest BCUT2D eigenvalue weighted by atomic mass is 32.2. The second-order valence-corrected chi connectivity index (χ2v) is 11.8. The summed E-state index contributed by atoms with van der Waals surface area (Å²) in [5.41, 5.74) is 0.571. The van der Waals surface area contributed by atoms with E-state index in [2.05, 4.69) is 5.32 Å². The standard InChI is InChI=1S/C30H36F2N4O4S/c1-4-5-19-33-30(38)28(20-23-13-7-6-8-14-23)35(21-24-15-9-10-16-25(24)31)29(37)22-36(41(39,40)34(2)3)27-18-12-11-17-26(27)32/h6-18,28H,4-5,19-22H2,1-3H3,(H,33,38). The quantitative estimate of drug-likeness (QED) is 0.288. The highest BCUT2D eigenvalue weighted by Gasteiger charge is 2.35. The van der Waals surface area contributed by atoms with Gasteiger partial charge in [-0.1, -0.05) is 74.0 Å². The van der Waals surface area contributed by atoms with E-state index in [-0.39, 0.29) is 24.2 Å². The van der Waals surface area contributed by atoms with Crippen LogP contribution in [-0.4, -0.2) is 62.7 Å². The van der Waals surface area contributed by atoms with Crippen molar-refractivity contribution in [3.05, 3.63) is 102 Å². The summed E-state index contributed by atoms with van der Waals surface area (Å²) in [5, 5.41) is 2.86. The number of halogens is 2. The van der Waals surface area contributed by atoms with E-state index in [1.165, 1.54) is 55.4 Å². The van der Waals surface area contributed by atoms with Gasteiger partial charge in [0.1, 0.15) is 24.2 Å². The Kier molecular flexibility index (Phi) is 11.4. The average Bonchev–Trinajstić information content (AvgIpc) is 2.95. The van der Waals surface area contributed by atoms with Crippen LogP contribution in [0.25, 0.3) is 0 Å². The second-order valence-electron chi connectivity index (χ2n) is 9.71.